The van der Waals surface area contributed by atoms with Gasteiger partial charge in [0.25, 0.3) is 5.91 Å². The summed E-state index contributed by atoms with van der Waals surface area (Å²) in [5, 5.41) is 14.6. The van der Waals surface area contributed by atoms with Crippen LogP contribution in [-0.2, 0) is 17.9 Å². The van der Waals surface area contributed by atoms with E-state index in [1.807, 2.05) is 4.57 Å². The van der Waals surface area contributed by atoms with Gasteiger partial charge in [0, 0.05) is 17.8 Å². The maximum atomic E-state index is 13.0. The van der Waals surface area contributed by atoms with Crippen molar-refractivity contribution in [3.63, 3.8) is 0 Å². The second-order valence-electron chi connectivity index (χ2n) is 7.16. The lowest BCUT2D eigenvalue weighted by molar-refractivity contribution is -0.113. The number of carbonyl (C=O) groups is 2. The van der Waals surface area contributed by atoms with Gasteiger partial charge in [-0.15, -0.1) is 10.2 Å². The lowest BCUT2D eigenvalue weighted by Gasteiger charge is -2.11. The van der Waals surface area contributed by atoms with Crippen molar-refractivity contribution in [2.24, 2.45) is 0 Å². The highest BCUT2D eigenvalue weighted by atomic mass is 32.2. The standard InChI is InChI=1S/C23H26FN5O3S/c1-3-4-13-29-20(14-25-22(31)16-5-11-19(32-2)12-6-16)27-28-23(29)33-15-21(30)26-18-9-7-17(24)8-10-18/h5-12H,3-4,13-15H2,1-2H3,(H,25,31)(H,26,30). The van der Waals surface area contributed by atoms with Gasteiger partial charge in [0.1, 0.15) is 11.6 Å². The molecule has 0 saturated carbocycles. The first-order chi connectivity index (χ1) is 16.0. The molecule has 174 valence electrons. The summed E-state index contributed by atoms with van der Waals surface area (Å²) in [5.41, 5.74) is 1.04. The number of nitrogens with one attached hydrogen (secondary N) is 2. The maximum absolute atomic E-state index is 13.0. The molecule has 33 heavy (non-hydrogen) atoms. The van der Waals surface area contributed by atoms with Gasteiger partial charge in [-0.1, -0.05) is 25.1 Å². The van der Waals surface area contributed by atoms with Crippen LogP contribution in [0.3, 0.4) is 0 Å². The second-order valence-corrected chi connectivity index (χ2v) is 8.10. The number of unbranched alkanes of at least 4 members (excludes halogenated alkanes) is 1. The molecule has 0 bridgehead atoms. The molecule has 0 radical (unpaired) electrons. The van der Waals surface area contributed by atoms with Crippen LogP contribution in [-0.4, -0.2) is 39.4 Å². The van der Waals surface area contributed by atoms with Gasteiger partial charge in [0.15, 0.2) is 11.0 Å². The highest BCUT2D eigenvalue weighted by Crippen LogP contribution is 2.19. The average Bonchev–Trinajstić information content (AvgIpc) is 3.22. The first-order valence-electron chi connectivity index (χ1n) is 10.5. The van der Waals surface area contributed by atoms with Crippen molar-refractivity contribution in [1.29, 1.82) is 0 Å². The lowest BCUT2D eigenvalue weighted by Crippen LogP contribution is -2.25. The first-order valence-corrected chi connectivity index (χ1v) is 11.5. The van der Waals surface area contributed by atoms with Crippen molar-refractivity contribution in [2.75, 3.05) is 18.2 Å². The zero-order valence-corrected chi connectivity index (χ0v) is 19.3. The van der Waals surface area contributed by atoms with E-state index in [2.05, 4.69) is 27.8 Å². The average molecular weight is 472 g/mol. The Morgan fingerprint density at radius 2 is 1.82 bits per heavy atom. The third kappa shape index (κ3) is 7.04. The van der Waals surface area contributed by atoms with Crippen LogP contribution in [0.5, 0.6) is 5.75 Å². The van der Waals surface area contributed by atoms with Crippen LogP contribution in [0.1, 0.15) is 35.9 Å². The molecule has 0 unspecified atom stereocenters. The normalized spacial score (nSPS) is 10.6. The Hall–Kier alpha value is -3.40. The molecule has 0 atom stereocenters. The summed E-state index contributed by atoms with van der Waals surface area (Å²) in [6.07, 6.45) is 1.89. The summed E-state index contributed by atoms with van der Waals surface area (Å²) in [5.74, 6) is 0.599. The molecule has 3 aromatic rings. The Labute approximate surface area is 195 Å². The number of hydrogen-bond acceptors (Lipinski definition) is 6. The summed E-state index contributed by atoms with van der Waals surface area (Å²) in [6.45, 7) is 2.97. The van der Waals surface area contributed by atoms with Crippen LogP contribution in [0, 0.1) is 5.82 Å². The number of methoxy groups -OCH3 is 1. The van der Waals surface area contributed by atoms with Gasteiger partial charge in [0.05, 0.1) is 19.4 Å². The smallest absolute Gasteiger partial charge is 0.251 e. The summed E-state index contributed by atoms with van der Waals surface area (Å²) < 4.78 is 20.1. The highest BCUT2D eigenvalue weighted by Gasteiger charge is 2.15. The summed E-state index contributed by atoms with van der Waals surface area (Å²) in [6, 6.07) is 12.4. The van der Waals surface area contributed by atoms with Gasteiger partial charge in [-0.3, -0.25) is 9.59 Å². The van der Waals surface area contributed by atoms with E-state index in [0.29, 0.717) is 34.5 Å². The molecule has 0 saturated heterocycles. The molecular weight excluding hydrogens is 445 g/mol. The van der Waals surface area contributed by atoms with Crippen molar-refractivity contribution in [1.82, 2.24) is 20.1 Å². The molecule has 0 fully saturated rings. The van der Waals surface area contributed by atoms with Gasteiger partial charge in [-0.25, -0.2) is 4.39 Å². The molecule has 2 amide bonds. The Kier molecular flexibility index (Phi) is 8.82. The molecular formula is C23H26FN5O3S. The molecule has 3 rings (SSSR count). The van der Waals surface area contributed by atoms with Gasteiger partial charge in [-0.2, -0.15) is 0 Å². The quantitative estimate of drug-likeness (QED) is 0.412. The van der Waals surface area contributed by atoms with Crippen molar-refractivity contribution < 1.29 is 18.7 Å². The maximum Gasteiger partial charge on any atom is 0.251 e. The number of ether oxygens (including phenoxy) is 1. The Bertz CT molecular complexity index is 1070. The van der Waals surface area contributed by atoms with Crippen molar-refractivity contribution in [3.05, 3.63) is 65.7 Å². The fourth-order valence-corrected chi connectivity index (χ4v) is 3.74. The summed E-state index contributed by atoms with van der Waals surface area (Å²) >= 11 is 1.26. The van der Waals surface area contributed by atoms with E-state index in [4.69, 9.17) is 4.74 Å². The first kappa shape index (κ1) is 24.2. The van der Waals surface area contributed by atoms with Gasteiger partial charge in [0.2, 0.25) is 5.91 Å². The largest absolute Gasteiger partial charge is 0.497 e. The number of thioether (sulfide) groups is 1. The molecule has 0 aliphatic carbocycles. The molecule has 1 aromatic heterocycles. The molecule has 2 aromatic carbocycles. The minimum atomic E-state index is -0.363. The topological polar surface area (TPSA) is 98.1 Å². The van der Waals surface area contributed by atoms with Crippen LogP contribution in [0.4, 0.5) is 10.1 Å². The fraction of sp³-hybridized carbons (Fsp3) is 0.304. The molecule has 1 heterocycles. The van der Waals surface area contributed by atoms with E-state index in [-0.39, 0.29) is 29.9 Å². The van der Waals surface area contributed by atoms with E-state index in [9.17, 15) is 14.0 Å². The van der Waals surface area contributed by atoms with Crippen LogP contribution >= 0.6 is 11.8 Å². The van der Waals surface area contributed by atoms with Crippen LogP contribution in [0.15, 0.2) is 53.7 Å². The SMILES string of the molecule is CCCCn1c(CNC(=O)c2ccc(OC)cc2)nnc1SCC(=O)Nc1ccc(F)cc1. The van der Waals surface area contributed by atoms with E-state index in [1.165, 1.54) is 36.0 Å². The van der Waals surface area contributed by atoms with Crippen LogP contribution < -0.4 is 15.4 Å². The third-order valence-corrected chi connectivity index (χ3v) is 5.72. The number of amides is 2. The molecule has 0 aliphatic heterocycles. The van der Waals surface area contributed by atoms with E-state index >= 15 is 0 Å². The van der Waals surface area contributed by atoms with Gasteiger partial charge < -0.3 is 19.9 Å². The number of rotatable bonds is 11. The van der Waals surface area contributed by atoms with Gasteiger partial charge >= 0.3 is 0 Å². The molecule has 8 nitrogen and oxygen atoms in total. The Morgan fingerprint density at radius 1 is 1.09 bits per heavy atom. The van der Waals surface area contributed by atoms with Crippen LogP contribution in [0.25, 0.3) is 0 Å². The molecule has 0 aliphatic rings. The summed E-state index contributed by atoms with van der Waals surface area (Å²) in [4.78, 5) is 24.7. The number of hydrogen-bond donors (Lipinski definition) is 2. The number of nitrogens with zero attached hydrogens (tertiary/aromatic N) is 3. The number of anilines is 1. The number of aromatic nitrogens is 3. The molecule has 2 N–H and O–H groups in total. The number of benzene rings is 2. The fourth-order valence-electron chi connectivity index (χ4n) is 2.96. The molecule has 0 spiro atoms. The third-order valence-electron chi connectivity index (χ3n) is 4.75. The lowest BCUT2D eigenvalue weighted by atomic mass is 10.2. The van der Waals surface area contributed by atoms with Gasteiger partial charge in [-0.05, 0) is 55.0 Å². The monoisotopic (exact) mass is 471 g/mol. The van der Waals surface area contributed by atoms with Crippen molar-refractivity contribution in [3.8, 4) is 5.75 Å². The Balaban J connectivity index is 1.60. The predicted octanol–water partition coefficient (Wildman–Crippen LogP) is 3.89. The minimum absolute atomic E-state index is 0.125. The Morgan fingerprint density at radius 3 is 2.48 bits per heavy atom. The van der Waals surface area contributed by atoms with E-state index in [0.717, 1.165) is 12.8 Å². The zero-order chi connectivity index (χ0) is 23.6. The second kappa shape index (κ2) is 12.0. The minimum Gasteiger partial charge on any atom is -0.497 e. The predicted molar refractivity (Wildman–Crippen MR) is 125 cm³/mol. The highest BCUT2D eigenvalue weighted by molar-refractivity contribution is 7.99. The summed E-state index contributed by atoms with van der Waals surface area (Å²) in [7, 11) is 1.57. The van der Waals surface area contributed by atoms with E-state index in [1.54, 1.807) is 31.4 Å². The van der Waals surface area contributed by atoms with Crippen molar-refractivity contribution in [2.45, 2.75) is 38.0 Å². The number of carbonyl (C=O) groups excluding carboxylic acids is 2. The zero-order valence-electron chi connectivity index (χ0n) is 18.5. The van der Waals surface area contributed by atoms with Crippen molar-refractivity contribution >= 4 is 29.3 Å². The van der Waals surface area contributed by atoms with E-state index < -0.39 is 0 Å². The number of halogens is 1. The van der Waals surface area contributed by atoms with Crippen LogP contribution in [0.2, 0.25) is 0 Å². The molecule has 10 heteroatoms.